The van der Waals surface area contributed by atoms with E-state index in [1.54, 1.807) is 18.2 Å². The molecule has 0 atom stereocenters. The van der Waals surface area contributed by atoms with Crippen LogP contribution in [0.3, 0.4) is 0 Å². The summed E-state index contributed by atoms with van der Waals surface area (Å²) in [5.41, 5.74) is 0.292. The lowest BCUT2D eigenvalue weighted by Crippen LogP contribution is -2.13. The van der Waals surface area contributed by atoms with Gasteiger partial charge in [0.15, 0.2) is 0 Å². The van der Waals surface area contributed by atoms with E-state index in [1.807, 2.05) is 0 Å². The highest BCUT2D eigenvalue weighted by atomic mass is 79.9. The van der Waals surface area contributed by atoms with Gasteiger partial charge in [-0.15, -0.1) is 0 Å². The van der Waals surface area contributed by atoms with Gasteiger partial charge in [0.25, 0.3) is 10.0 Å². The van der Waals surface area contributed by atoms with Crippen LogP contribution in [-0.4, -0.2) is 19.5 Å². The number of carboxylic acid groups (broad SMARTS) is 1. The Labute approximate surface area is 131 Å². The van der Waals surface area contributed by atoms with Crippen LogP contribution < -0.4 is 4.72 Å². The number of rotatable bonds is 4. The molecular weight excluding hydrogens is 418 g/mol. The molecule has 0 saturated carbocycles. The van der Waals surface area contributed by atoms with Crippen molar-refractivity contribution in [2.24, 2.45) is 0 Å². The second-order valence-corrected chi connectivity index (χ2v) is 6.95. The van der Waals surface area contributed by atoms with Crippen LogP contribution in [0, 0.1) is 0 Å². The van der Waals surface area contributed by atoms with Gasteiger partial charge in [-0.1, -0.05) is 6.07 Å². The molecule has 0 spiro atoms. The summed E-state index contributed by atoms with van der Waals surface area (Å²) >= 11 is 6.44. The number of anilines is 1. The van der Waals surface area contributed by atoms with Gasteiger partial charge < -0.3 is 9.52 Å². The first-order chi connectivity index (χ1) is 9.31. The van der Waals surface area contributed by atoms with Crippen LogP contribution in [0.5, 0.6) is 0 Å². The molecule has 106 valence electrons. The first-order valence-corrected chi connectivity index (χ1v) is 8.18. The fraction of sp³-hybridized carbons (Fsp3) is 0. The smallest absolute Gasteiger partial charge is 0.371 e. The van der Waals surface area contributed by atoms with E-state index < -0.39 is 26.8 Å². The van der Waals surface area contributed by atoms with E-state index in [2.05, 4.69) is 36.6 Å². The molecule has 0 aliphatic heterocycles. The van der Waals surface area contributed by atoms with Gasteiger partial charge in [-0.05, 0) is 56.1 Å². The molecule has 0 bridgehead atoms. The van der Waals surface area contributed by atoms with Crippen molar-refractivity contribution >= 4 is 53.5 Å². The molecule has 1 aromatic carbocycles. The predicted molar refractivity (Wildman–Crippen MR) is 78.3 cm³/mol. The molecule has 6 nitrogen and oxygen atoms in total. The standard InChI is InChI=1S/C11H7Br2NO5S/c12-6-2-1-3-7(13)10(6)14-20(17,18)9-5-4-8(19-9)11(15)16/h1-5,14H,(H,15,16). The fourth-order valence-corrected chi connectivity index (χ4v) is 3.85. The first-order valence-electron chi connectivity index (χ1n) is 5.11. The third kappa shape index (κ3) is 3.05. The van der Waals surface area contributed by atoms with Crippen molar-refractivity contribution in [3.8, 4) is 0 Å². The van der Waals surface area contributed by atoms with Gasteiger partial charge in [0, 0.05) is 8.95 Å². The van der Waals surface area contributed by atoms with Crippen LogP contribution >= 0.6 is 31.9 Å². The topological polar surface area (TPSA) is 96.6 Å². The molecule has 1 aromatic heterocycles. The molecule has 0 fully saturated rings. The Morgan fingerprint density at radius 2 is 1.75 bits per heavy atom. The van der Waals surface area contributed by atoms with Gasteiger partial charge in [-0.25, -0.2) is 4.79 Å². The second-order valence-electron chi connectivity index (χ2n) is 3.63. The minimum absolute atomic E-state index is 0.292. The molecule has 0 saturated heterocycles. The van der Waals surface area contributed by atoms with Gasteiger partial charge in [-0.3, -0.25) is 4.72 Å². The molecule has 9 heteroatoms. The van der Waals surface area contributed by atoms with E-state index in [0.29, 0.717) is 14.6 Å². The maximum atomic E-state index is 12.1. The number of carboxylic acids is 1. The number of halogens is 2. The number of aromatic carboxylic acids is 1. The summed E-state index contributed by atoms with van der Waals surface area (Å²) in [5, 5.41) is 8.24. The number of carbonyl (C=O) groups is 1. The highest BCUT2D eigenvalue weighted by Gasteiger charge is 2.22. The Balaban J connectivity index is 2.38. The Bertz CT molecular complexity index is 749. The van der Waals surface area contributed by atoms with Crippen LogP contribution in [-0.2, 0) is 10.0 Å². The molecule has 2 rings (SSSR count). The van der Waals surface area contributed by atoms with E-state index >= 15 is 0 Å². The Kier molecular flexibility index (Phi) is 4.21. The Morgan fingerprint density at radius 1 is 1.15 bits per heavy atom. The summed E-state index contributed by atoms with van der Waals surface area (Å²) in [6.07, 6.45) is 0. The molecule has 0 amide bonds. The molecule has 0 unspecified atom stereocenters. The maximum absolute atomic E-state index is 12.1. The normalized spacial score (nSPS) is 11.3. The monoisotopic (exact) mass is 423 g/mol. The minimum Gasteiger partial charge on any atom is -0.475 e. The average molecular weight is 425 g/mol. The number of hydrogen-bond acceptors (Lipinski definition) is 4. The van der Waals surface area contributed by atoms with Gasteiger partial charge in [-0.2, -0.15) is 8.42 Å². The van der Waals surface area contributed by atoms with E-state index in [4.69, 9.17) is 9.52 Å². The summed E-state index contributed by atoms with van der Waals surface area (Å²) in [6, 6.07) is 7.20. The van der Waals surface area contributed by atoms with Crippen LogP contribution in [0.25, 0.3) is 0 Å². The summed E-state index contributed by atoms with van der Waals surface area (Å²) in [7, 11) is -4.01. The van der Waals surface area contributed by atoms with Crippen LogP contribution in [0.1, 0.15) is 10.6 Å². The van der Waals surface area contributed by atoms with Crippen molar-refractivity contribution in [2.75, 3.05) is 4.72 Å². The number of furan rings is 1. The number of benzene rings is 1. The van der Waals surface area contributed by atoms with E-state index in [-0.39, 0.29) is 0 Å². The van der Waals surface area contributed by atoms with Crippen LogP contribution in [0.4, 0.5) is 5.69 Å². The van der Waals surface area contributed by atoms with Crippen molar-refractivity contribution in [1.82, 2.24) is 0 Å². The molecular formula is C11H7Br2NO5S. The number of sulfonamides is 1. The van der Waals surface area contributed by atoms with Crippen molar-refractivity contribution in [1.29, 1.82) is 0 Å². The molecule has 0 aliphatic carbocycles. The highest BCUT2D eigenvalue weighted by molar-refractivity contribution is 9.11. The molecule has 2 N–H and O–H groups in total. The highest BCUT2D eigenvalue weighted by Crippen LogP contribution is 2.32. The summed E-state index contributed by atoms with van der Waals surface area (Å²) in [5.74, 6) is -1.79. The van der Waals surface area contributed by atoms with Crippen LogP contribution in [0.2, 0.25) is 0 Å². The van der Waals surface area contributed by atoms with Crippen molar-refractivity contribution in [2.45, 2.75) is 5.09 Å². The van der Waals surface area contributed by atoms with E-state index in [0.717, 1.165) is 12.1 Å². The second kappa shape index (κ2) is 5.58. The zero-order valence-electron chi connectivity index (χ0n) is 9.63. The van der Waals surface area contributed by atoms with Crippen LogP contribution in [0.15, 0.2) is 48.8 Å². The summed E-state index contributed by atoms with van der Waals surface area (Å²) in [6.45, 7) is 0. The number of hydrogen-bond donors (Lipinski definition) is 2. The molecule has 1 heterocycles. The zero-order valence-corrected chi connectivity index (χ0v) is 13.6. The fourth-order valence-electron chi connectivity index (χ4n) is 1.36. The minimum atomic E-state index is -4.01. The van der Waals surface area contributed by atoms with Gasteiger partial charge in [0.05, 0.1) is 5.69 Å². The lowest BCUT2D eigenvalue weighted by molar-refractivity contribution is 0.0656. The average Bonchev–Trinajstić information content (AvgIpc) is 2.84. The third-order valence-electron chi connectivity index (χ3n) is 2.26. The lowest BCUT2D eigenvalue weighted by atomic mass is 10.3. The summed E-state index contributed by atoms with van der Waals surface area (Å²) < 4.78 is 32.4. The molecule has 20 heavy (non-hydrogen) atoms. The number of nitrogens with one attached hydrogen (secondary N) is 1. The molecule has 0 aliphatic rings. The molecule has 0 radical (unpaired) electrons. The number of para-hydroxylation sites is 1. The SMILES string of the molecule is O=C(O)c1ccc(S(=O)(=O)Nc2c(Br)cccc2Br)o1. The zero-order chi connectivity index (χ0) is 14.9. The largest absolute Gasteiger partial charge is 0.475 e. The first kappa shape index (κ1) is 15.1. The van der Waals surface area contributed by atoms with Crippen molar-refractivity contribution < 1.29 is 22.7 Å². The van der Waals surface area contributed by atoms with E-state index in [9.17, 15) is 13.2 Å². The quantitative estimate of drug-likeness (QED) is 0.784. The van der Waals surface area contributed by atoms with E-state index in [1.165, 1.54) is 0 Å². The lowest BCUT2D eigenvalue weighted by Gasteiger charge is -2.09. The third-order valence-corrected chi connectivity index (χ3v) is 4.80. The predicted octanol–water partition coefficient (Wildman–Crippen LogP) is 3.30. The van der Waals surface area contributed by atoms with Gasteiger partial charge >= 0.3 is 5.97 Å². The van der Waals surface area contributed by atoms with Crippen molar-refractivity contribution in [3.05, 3.63) is 45.0 Å². The Morgan fingerprint density at radius 3 is 2.25 bits per heavy atom. The Hall–Kier alpha value is -1.32. The molecule has 2 aromatic rings. The summed E-state index contributed by atoms with van der Waals surface area (Å²) in [4.78, 5) is 10.7. The van der Waals surface area contributed by atoms with Gasteiger partial charge in [0.2, 0.25) is 10.9 Å². The van der Waals surface area contributed by atoms with Crippen molar-refractivity contribution in [3.63, 3.8) is 0 Å². The maximum Gasteiger partial charge on any atom is 0.371 e. The van der Waals surface area contributed by atoms with Gasteiger partial charge in [0.1, 0.15) is 0 Å².